The Balaban J connectivity index is 0.000000205. The SMILES string of the molecule is CC1(C(=O)O)C=CC=C(C(=O)O)C1.O=C(C1CCN(c2ccncc2)CC1)N1CCNCC1. The molecule has 9 heteroatoms. The second-order valence-electron chi connectivity index (χ2n) is 8.80. The van der Waals surface area contributed by atoms with E-state index in [-0.39, 0.29) is 17.9 Å². The maximum absolute atomic E-state index is 12.5. The van der Waals surface area contributed by atoms with Crippen molar-refractivity contribution in [3.8, 4) is 0 Å². The number of piperazine rings is 1. The van der Waals surface area contributed by atoms with E-state index in [2.05, 4.69) is 15.2 Å². The highest BCUT2D eigenvalue weighted by Crippen LogP contribution is 2.31. The molecule has 3 aliphatic rings. The Labute approximate surface area is 193 Å². The number of hydrogen-bond acceptors (Lipinski definition) is 6. The second-order valence-corrected chi connectivity index (χ2v) is 8.80. The summed E-state index contributed by atoms with van der Waals surface area (Å²) in [5.74, 6) is -1.49. The fourth-order valence-corrected chi connectivity index (χ4v) is 4.27. The Morgan fingerprint density at radius 1 is 1.06 bits per heavy atom. The van der Waals surface area contributed by atoms with Crippen molar-refractivity contribution in [1.29, 1.82) is 0 Å². The van der Waals surface area contributed by atoms with Crippen LogP contribution in [0.4, 0.5) is 5.69 Å². The molecule has 0 aromatic carbocycles. The number of carbonyl (C=O) groups is 3. The smallest absolute Gasteiger partial charge is 0.331 e. The Morgan fingerprint density at radius 2 is 1.70 bits per heavy atom. The third-order valence-electron chi connectivity index (χ3n) is 6.38. The van der Waals surface area contributed by atoms with Gasteiger partial charge < -0.3 is 25.3 Å². The van der Waals surface area contributed by atoms with Crippen molar-refractivity contribution in [2.75, 3.05) is 44.2 Å². The molecule has 2 saturated heterocycles. The lowest BCUT2D eigenvalue weighted by molar-refractivity contribution is -0.145. The monoisotopic (exact) mass is 456 g/mol. The largest absolute Gasteiger partial charge is 0.481 e. The minimum Gasteiger partial charge on any atom is -0.481 e. The fourth-order valence-electron chi connectivity index (χ4n) is 4.27. The number of hydrogen-bond donors (Lipinski definition) is 3. The molecule has 0 saturated carbocycles. The quantitative estimate of drug-likeness (QED) is 0.627. The molecular weight excluding hydrogens is 424 g/mol. The van der Waals surface area contributed by atoms with Gasteiger partial charge in [0.2, 0.25) is 5.91 Å². The van der Waals surface area contributed by atoms with Gasteiger partial charge in [-0.15, -0.1) is 0 Å². The van der Waals surface area contributed by atoms with E-state index in [1.165, 1.54) is 30.8 Å². The molecule has 1 aromatic heterocycles. The van der Waals surface area contributed by atoms with Crippen LogP contribution in [0.15, 0.2) is 48.3 Å². The molecule has 0 spiro atoms. The molecule has 1 amide bonds. The highest BCUT2D eigenvalue weighted by molar-refractivity contribution is 5.90. The third-order valence-corrected chi connectivity index (χ3v) is 6.38. The van der Waals surface area contributed by atoms with Gasteiger partial charge in [0.1, 0.15) is 0 Å². The number of amides is 1. The van der Waals surface area contributed by atoms with E-state index in [0.717, 1.165) is 52.1 Å². The number of carboxylic acids is 2. The van der Waals surface area contributed by atoms with Gasteiger partial charge in [-0.3, -0.25) is 14.6 Å². The molecule has 1 aromatic rings. The average molecular weight is 457 g/mol. The van der Waals surface area contributed by atoms with Gasteiger partial charge in [-0.2, -0.15) is 0 Å². The number of carboxylic acid groups (broad SMARTS) is 2. The number of piperidine rings is 1. The Kier molecular flexibility index (Phi) is 8.21. The van der Waals surface area contributed by atoms with Crippen LogP contribution in [-0.2, 0) is 14.4 Å². The lowest BCUT2D eigenvalue weighted by Gasteiger charge is -2.36. The Bertz CT molecular complexity index is 903. The summed E-state index contributed by atoms with van der Waals surface area (Å²) >= 11 is 0. The number of nitrogens with one attached hydrogen (secondary N) is 1. The molecule has 2 aliphatic heterocycles. The highest BCUT2D eigenvalue weighted by atomic mass is 16.4. The summed E-state index contributed by atoms with van der Waals surface area (Å²) in [6, 6.07) is 4.08. The van der Waals surface area contributed by atoms with E-state index in [4.69, 9.17) is 10.2 Å². The van der Waals surface area contributed by atoms with E-state index >= 15 is 0 Å². The zero-order valence-electron chi connectivity index (χ0n) is 18.9. The van der Waals surface area contributed by atoms with Crippen molar-refractivity contribution < 1.29 is 24.6 Å². The summed E-state index contributed by atoms with van der Waals surface area (Å²) in [6.07, 6.45) is 10.0. The zero-order valence-corrected chi connectivity index (χ0v) is 18.9. The maximum atomic E-state index is 12.5. The lowest BCUT2D eigenvalue weighted by atomic mass is 9.80. The fraction of sp³-hybridized carbons (Fsp3) is 0.500. The standard InChI is InChI=1S/C15H22N4O.C9H10O4/c20-15(19-11-7-17-8-12-19)13-3-9-18(10-4-13)14-1-5-16-6-2-14;1-9(8(12)13)4-2-3-6(5-9)7(10)11/h1-2,5-6,13,17H,3-4,7-12H2;2-4H,5H2,1H3,(H,10,11)(H,12,13). The number of aromatic nitrogens is 1. The molecule has 2 fully saturated rings. The number of pyridine rings is 1. The van der Waals surface area contributed by atoms with Gasteiger partial charge in [-0.1, -0.05) is 18.2 Å². The van der Waals surface area contributed by atoms with Crippen LogP contribution in [0.2, 0.25) is 0 Å². The topological polar surface area (TPSA) is 123 Å². The van der Waals surface area contributed by atoms with Crippen molar-refractivity contribution >= 4 is 23.5 Å². The van der Waals surface area contributed by atoms with Crippen molar-refractivity contribution in [3.05, 3.63) is 48.3 Å². The van der Waals surface area contributed by atoms with Crippen LogP contribution in [0, 0.1) is 11.3 Å². The van der Waals surface area contributed by atoms with E-state index in [0.29, 0.717) is 5.91 Å². The molecule has 4 rings (SSSR count). The van der Waals surface area contributed by atoms with Gasteiger partial charge in [-0.05, 0) is 38.3 Å². The second kappa shape index (κ2) is 11.1. The molecule has 3 heterocycles. The van der Waals surface area contributed by atoms with Gasteiger partial charge in [0.15, 0.2) is 0 Å². The predicted molar refractivity (Wildman–Crippen MR) is 124 cm³/mol. The molecule has 1 atom stereocenters. The molecule has 33 heavy (non-hydrogen) atoms. The summed E-state index contributed by atoms with van der Waals surface area (Å²) in [4.78, 5) is 42.2. The van der Waals surface area contributed by atoms with Gasteiger partial charge in [0, 0.05) is 68.8 Å². The van der Waals surface area contributed by atoms with Gasteiger partial charge in [-0.25, -0.2) is 4.79 Å². The van der Waals surface area contributed by atoms with Crippen LogP contribution >= 0.6 is 0 Å². The summed E-state index contributed by atoms with van der Waals surface area (Å²) in [5.41, 5.74) is 0.267. The first-order valence-corrected chi connectivity index (χ1v) is 11.3. The van der Waals surface area contributed by atoms with Crippen LogP contribution in [0.5, 0.6) is 0 Å². The number of allylic oxidation sites excluding steroid dienone is 2. The first-order chi connectivity index (χ1) is 15.8. The van der Waals surface area contributed by atoms with Crippen molar-refractivity contribution in [2.24, 2.45) is 11.3 Å². The van der Waals surface area contributed by atoms with Crippen LogP contribution in [0.25, 0.3) is 0 Å². The molecule has 9 nitrogen and oxygen atoms in total. The minimum atomic E-state index is -1.08. The van der Waals surface area contributed by atoms with Crippen molar-refractivity contribution in [2.45, 2.75) is 26.2 Å². The third kappa shape index (κ3) is 6.41. The summed E-state index contributed by atoms with van der Waals surface area (Å²) in [7, 11) is 0. The molecule has 178 valence electrons. The number of aliphatic carboxylic acids is 2. The average Bonchev–Trinajstić information content (AvgIpc) is 2.85. The number of carbonyl (C=O) groups excluding carboxylic acids is 1. The first kappa shape index (κ1) is 24.4. The lowest BCUT2D eigenvalue weighted by Crippen LogP contribution is -2.50. The zero-order chi connectivity index (χ0) is 23.8. The number of anilines is 1. The van der Waals surface area contributed by atoms with E-state index in [1.807, 2.05) is 29.4 Å². The van der Waals surface area contributed by atoms with Crippen LogP contribution in [0.3, 0.4) is 0 Å². The highest BCUT2D eigenvalue weighted by Gasteiger charge is 2.34. The van der Waals surface area contributed by atoms with E-state index in [9.17, 15) is 14.4 Å². The minimum absolute atomic E-state index is 0.0359. The number of nitrogens with zero attached hydrogens (tertiary/aromatic N) is 3. The molecule has 0 radical (unpaired) electrons. The maximum Gasteiger partial charge on any atom is 0.331 e. The molecular formula is C24H32N4O5. The van der Waals surface area contributed by atoms with Crippen molar-refractivity contribution in [3.63, 3.8) is 0 Å². The molecule has 0 bridgehead atoms. The predicted octanol–water partition coefficient (Wildman–Crippen LogP) is 1.78. The van der Waals surface area contributed by atoms with E-state index < -0.39 is 17.4 Å². The van der Waals surface area contributed by atoms with Crippen LogP contribution < -0.4 is 10.2 Å². The Morgan fingerprint density at radius 3 is 2.27 bits per heavy atom. The molecule has 1 aliphatic carbocycles. The Hall–Kier alpha value is -3.20. The van der Waals surface area contributed by atoms with Gasteiger partial charge >= 0.3 is 11.9 Å². The van der Waals surface area contributed by atoms with E-state index in [1.54, 1.807) is 0 Å². The number of rotatable bonds is 4. The summed E-state index contributed by atoms with van der Waals surface area (Å²) in [5, 5.41) is 20.8. The normalized spacial score (nSPS) is 23.2. The van der Waals surface area contributed by atoms with Gasteiger partial charge in [0.05, 0.1) is 5.41 Å². The summed E-state index contributed by atoms with van der Waals surface area (Å²) < 4.78 is 0. The molecule has 1 unspecified atom stereocenters. The first-order valence-electron chi connectivity index (χ1n) is 11.3. The van der Waals surface area contributed by atoms with Gasteiger partial charge in [0.25, 0.3) is 0 Å². The molecule has 3 N–H and O–H groups in total. The van der Waals surface area contributed by atoms with Crippen LogP contribution in [-0.4, -0.2) is 77.2 Å². The van der Waals surface area contributed by atoms with Crippen molar-refractivity contribution in [1.82, 2.24) is 15.2 Å². The summed E-state index contributed by atoms with van der Waals surface area (Å²) in [6.45, 7) is 7.02. The van der Waals surface area contributed by atoms with Crippen LogP contribution in [0.1, 0.15) is 26.2 Å².